The highest BCUT2D eigenvalue weighted by Crippen LogP contribution is 2.37. The van der Waals surface area contributed by atoms with Crippen molar-refractivity contribution in [3.05, 3.63) is 23.8 Å². The Morgan fingerprint density at radius 1 is 1.32 bits per heavy atom. The molecule has 6 nitrogen and oxygen atoms in total. The maximum absolute atomic E-state index is 11.5. The van der Waals surface area contributed by atoms with E-state index in [9.17, 15) is 14.7 Å². The molecule has 1 amide bonds. The zero-order valence-corrected chi connectivity index (χ0v) is 14.6. The molecule has 1 aromatic rings. The molecule has 2 N–H and O–H groups in total. The summed E-state index contributed by atoms with van der Waals surface area (Å²) in [6.45, 7) is 2.10. The Labute approximate surface area is 148 Å². The molecule has 0 radical (unpaired) electrons. The van der Waals surface area contributed by atoms with Crippen molar-refractivity contribution in [1.29, 1.82) is 0 Å². The molecule has 2 atom stereocenters. The Kier molecular flexibility index (Phi) is 5.58. The van der Waals surface area contributed by atoms with E-state index >= 15 is 0 Å². The number of carbonyl (C=O) groups is 2. The van der Waals surface area contributed by atoms with Crippen LogP contribution in [0, 0.1) is 5.92 Å². The lowest BCUT2D eigenvalue weighted by atomic mass is 9.84. The van der Waals surface area contributed by atoms with Crippen LogP contribution in [0.4, 0.5) is 5.69 Å². The van der Waals surface area contributed by atoms with E-state index in [1.807, 2.05) is 12.1 Å². The summed E-state index contributed by atoms with van der Waals surface area (Å²) in [4.78, 5) is 25.2. The van der Waals surface area contributed by atoms with Crippen LogP contribution in [0.1, 0.15) is 37.2 Å². The Morgan fingerprint density at radius 2 is 2.08 bits per heavy atom. The van der Waals surface area contributed by atoms with Crippen molar-refractivity contribution in [2.75, 3.05) is 31.7 Å². The average molecular weight is 346 g/mol. The maximum atomic E-state index is 11.5. The fourth-order valence-corrected chi connectivity index (χ4v) is 3.88. The number of aliphatic hydroxyl groups excluding tert-OH is 1. The van der Waals surface area contributed by atoms with Crippen LogP contribution < -0.4 is 15.0 Å². The van der Waals surface area contributed by atoms with E-state index in [1.54, 1.807) is 7.11 Å². The lowest BCUT2D eigenvalue weighted by molar-refractivity contribution is -0.126. The van der Waals surface area contributed by atoms with Crippen molar-refractivity contribution in [3.8, 4) is 5.75 Å². The molecular weight excluding hydrogens is 320 g/mol. The van der Waals surface area contributed by atoms with E-state index < -0.39 is 6.04 Å². The molecular formula is C19H26N2O4. The van der Waals surface area contributed by atoms with Crippen LogP contribution in [0.3, 0.4) is 0 Å². The zero-order valence-electron chi connectivity index (χ0n) is 14.6. The monoisotopic (exact) mass is 346 g/mol. The van der Waals surface area contributed by atoms with Gasteiger partial charge in [-0.2, -0.15) is 0 Å². The number of nitrogens with one attached hydrogen (secondary N) is 1. The van der Waals surface area contributed by atoms with Gasteiger partial charge < -0.3 is 24.9 Å². The summed E-state index contributed by atoms with van der Waals surface area (Å²) in [6, 6.07) is 5.61. The predicted molar refractivity (Wildman–Crippen MR) is 95.0 cm³/mol. The molecule has 2 heterocycles. The van der Waals surface area contributed by atoms with Crippen LogP contribution in [-0.4, -0.2) is 50.1 Å². The number of nitrogens with zero attached hydrogens (tertiary/aromatic N) is 1. The minimum Gasteiger partial charge on any atom is -0.496 e. The average Bonchev–Trinajstić information content (AvgIpc) is 2.67. The second kappa shape index (κ2) is 7.87. The van der Waals surface area contributed by atoms with Crippen molar-refractivity contribution in [2.45, 2.75) is 37.6 Å². The van der Waals surface area contributed by atoms with Crippen molar-refractivity contribution in [1.82, 2.24) is 5.32 Å². The molecule has 0 aromatic heterocycles. The number of methoxy groups -OCH3 is 1. The van der Waals surface area contributed by atoms with Gasteiger partial charge in [0.2, 0.25) is 5.91 Å². The van der Waals surface area contributed by atoms with Crippen LogP contribution in [0.2, 0.25) is 0 Å². The highest BCUT2D eigenvalue weighted by atomic mass is 16.5. The second-order valence-electron chi connectivity index (χ2n) is 6.91. The lowest BCUT2D eigenvalue weighted by Gasteiger charge is -2.34. The molecule has 1 aromatic carbocycles. The minimum absolute atomic E-state index is 0.0562. The van der Waals surface area contributed by atoms with Crippen LogP contribution in [-0.2, 0) is 9.59 Å². The number of rotatable bonds is 5. The van der Waals surface area contributed by atoms with Gasteiger partial charge in [-0.3, -0.25) is 4.79 Å². The first-order valence-electron chi connectivity index (χ1n) is 8.94. The number of ether oxygens (including phenoxy) is 1. The molecule has 0 spiro atoms. The normalized spacial score (nSPS) is 24.7. The minimum atomic E-state index is -0.499. The first-order chi connectivity index (χ1) is 12.2. The number of aldehydes is 1. The van der Waals surface area contributed by atoms with Gasteiger partial charge in [0.25, 0.3) is 0 Å². The lowest BCUT2D eigenvalue weighted by Crippen LogP contribution is -2.44. The molecule has 2 fully saturated rings. The van der Waals surface area contributed by atoms with E-state index in [1.165, 1.54) is 0 Å². The first-order valence-corrected chi connectivity index (χ1v) is 8.94. The molecule has 2 aliphatic rings. The van der Waals surface area contributed by atoms with E-state index in [0.29, 0.717) is 18.8 Å². The van der Waals surface area contributed by atoms with Crippen molar-refractivity contribution in [3.63, 3.8) is 0 Å². The fraction of sp³-hybridized carbons (Fsp3) is 0.579. The van der Waals surface area contributed by atoms with Gasteiger partial charge in [0, 0.05) is 43.8 Å². The molecule has 0 bridgehead atoms. The third kappa shape index (κ3) is 3.79. The quantitative estimate of drug-likeness (QED) is 0.789. The van der Waals surface area contributed by atoms with E-state index in [-0.39, 0.29) is 18.4 Å². The molecule has 136 valence electrons. The summed E-state index contributed by atoms with van der Waals surface area (Å²) >= 11 is 0. The Morgan fingerprint density at radius 3 is 2.72 bits per heavy atom. The molecule has 2 saturated heterocycles. The first kappa shape index (κ1) is 17.7. The van der Waals surface area contributed by atoms with Gasteiger partial charge >= 0.3 is 0 Å². The van der Waals surface area contributed by atoms with E-state index in [2.05, 4.69) is 16.3 Å². The number of aliphatic hydroxyl groups is 1. The molecule has 0 aliphatic carbocycles. The number of carbonyl (C=O) groups excluding carboxylic acids is 2. The molecule has 6 heteroatoms. The molecule has 3 rings (SSSR count). The van der Waals surface area contributed by atoms with Gasteiger partial charge in [0.1, 0.15) is 12.0 Å². The molecule has 25 heavy (non-hydrogen) atoms. The Hall–Kier alpha value is -2.08. The van der Waals surface area contributed by atoms with Gasteiger partial charge in [0.05, 0.1) is 13.2 Å². The zero-order chi connectivity index (χ0) is 17.8. The molecule has 2 unspecified atom stereocenters. The van der Waals surface area contributed by atoms with Crippen LogP contribution in [0.25, 0.3) is 0 Å². The van der Waals surface area contributed by atoms with Crippen LogP contribution >= 0.6 is 0 Å². The predicted octanol–water partition coefficient (Wildman–Crippen LogP) is 1.46. The van der Waals surface area contributed by atoms with Crippen molar-refractivity contribution < 1.29 is 19.4 Å². The molecule has 0 saturated carbocycles. The topological polar surface area (TPSA) is 78.9 Å². The van der Waals surface area contributed by atoms with Gasteiger partial charge in [-0.15, -0.1) is 0 Å². The Balaban J connectivity index is 1.80. The molecule has 2 aliphatic heterocycles. The number of piperidine rings is 2. The van der Waals surface area contributed by atoms with Crippen molar-refractivity contribution in [2.24, 2.45) is 5.92 Å². The van der Waals surface area contributed by atoms with Gasteiger partial charge in [-0.1, -0.05) is 6.07 Å². The highest BCUT2D eigenvalue weighted by molar-refractivity contribution is 5.82. The van der Waals surface area contributed by atoms with E-state index in [4.69, 9.17) is 4.74 Å². The van der Waals surface area contributed by atoms with Crippen molar-refractivity contribution >= 4 is 17.9 Å². The van der Waals surface area contributed by atoms with Crippen LogP contribution in [0.15, 0.2) is 18.2 Å². The largest absolute Gasteiger partial charge is 0.496 e. The summed E-state index contributed by atoms with van der Waals surface area (Å²) in [5.74, 6) is 1.03. The van der Waals surface area contributed by atoms with Gasteiger partial charge in [-0.25, -0.2) is 0 Å². The number of anilines is 1. The third-order valence-electron chi connectivity index (χ3n) is 5.44. The number of benzene rings is 1. The summed E-state index contributed by atoms with van der Waals surface area (Å²) in [6.07, 6.45) is 3.86. The van der Waals surface area contributed by atoms with Crippen LogP contribution in [0.5, 0.6) is 5.75 Å². The number of amides is 1. The summed E-state index contributed by atoms with van der Waals surface area (Å²) in [5.41, 5.74) is 2.06. The maximum Gasteiger partial charge on any atom is 0.220 e. The summed E-state index contributed by atoms with van der Waals surface area (Å²) < 4.78 is 5.60. The van der Waals surface area contributed by atoms with Gasteiger partial charge in [-0.05, 0) is 36.8 Å². The summed E-state index contributed by atoms with van der Waals surface area (Å²) in [5, 5.41) is 12.0. The Bertz CT molecular complexity index is 626. The standard InChI is InChI=1S/C19H26N2O4/c1-25-18-10-14(21-8-6-13(11-22)7-9-21)2-3-16(18)15-4-5-19(24)20-17(15)12-23/h2-3,10,12-13,15,17,22H,4-9,11H2,1H3,(H,20,24). The van der Waals surface area contributed by atoms with E-state index in [0.717, 1.165) is 49.2 Å². The third-order valence-corrected chi connectivity index (χ3v) is 5.44. The highest BCUT2D eigenvalue weighted by Gasteiger charge is 2.31. The fourth-order valence-electron chi connectivity index (χ4n) is 3.88. The SMILES string of the molecule is COc1cc(N2CCC(CO)CC2)ccc1C1CCC(=O)NC1C=O. The smallest absolute Gasteiger partial charge is 0.220 e. The number of hydrogen-bond donors (Lipinski definition) is 2. The summed E-state index contributed by atoms with van der Waals surface area (Å²) in [7, 11) is 1.64. The van der Waals surface area contributed by atoms with Gasteiger partial charge in [0.15, 0.2) is 0 Å². The second-order valence-corrected chi connectivity index (χ2v) is 6.91. The number of hydrogen-bond acceptors (Lipinski definition) is 5.